The number of benzene rings is 1. The van der Waals surface area contributed by atoms with Crippen LogP contribution >= 0.6 is 23.2 Å². The third kappa shape index (κ3) is 5.70. The van der Waals surface area contributed by atoms with Gasteiger partial charge in [0.2, 0.25) is 0 Å². The van der Waals surface area contributed by atoms with Crippen LogP contribution in [0.25, 0.3) is 0 Å². The first-order valence-corrected chi connectivity index (χ1v) is 7.28. The Morgan fingerprint density at radius 1 is 1.11 bits per heavy atom. The van der Waals surface area contributed by atoms with Crippen LogP contribution in [0.5, 0.6) is 11.5 Å². The second kappa shape index (κ2) is 9.05. The molecular formula is C14H18Cl2O3. The molecule has 0 saturated carbocycles. The number of rotatable bonds is 9. The molecule has 5 heteroatoms. The maximum Gasteiger partial charge on any atom is 0.163 e. The van der Waals surface area contributed by atoms with E-state index in [1.54, 1.807) is 18.2 Å². The first-order valence-electron chi connectivity index (χ1n) is 6.21. The molecule has 0 bridgehead atoms. The lowest BCUT2D eigenvalue weighted by molar-refractivity contribution is 0.101. The van der Waals surface area contributed by atoms with E-state index in [0.29, 0.717) is 42.0 Å². The summed E-state index contributed by atoms with van der Waals surface area (Å²) in [6.07, 6.45) is 1.51. The van der Waals surface area contributed by atoms with Gasteiger partial charge in [0.15, 0.2) is 5.78 Å². The van der Waals surface area contributed by atoms with E-state index in [9.17, 15) is 4.79 Å². The minimum atomic E-state index is -0.0522. The zero-order chi connectivity index (χ0) is 14.1. The van der Waals surface area contributed by atoms with E-state index in [0.717, 1.165) is 12.8 Å². The molecule has 0 amide bonds. The Balaban J connectivity index is 2.73. The van der Waals surface area contributed by atoms with E-state index < -0.39 is 0 Å². The number of alkyl halides is 2. The van der Waals surface area contributed by atoms with Gasteiger partial charge in [-0.05, 0) is 38.0 Å². The van der Waals surface area contributed by atoms with E-state index >= 15 is 0 Å². The van der Waals surface area contributed by atoms with Crippen molar-refractivity contribution >= 4 is 29.0 Å². The lowest BCUT2D eigenvalue weighted by Crippen LogP contribution is -2.05. The van der Waals surface area contributed by atoms with Crippen molar-refractivity contribution in [3.8, 4) is 11.5 Å². The van der Waals surface area contributed by atoms with Gasteiger partial charge < -0.3 is 9.47 Å². The minimum Gasteiger partial charge on any atom is -0.494 e. The summed E-state index contributed by atoms with van der Waals surface area (Å²) in [7, 11) is 0. The molecule has 0 saturated heterocycles. The largest absolute Gasteiger partial charge is 0.494 e. The lowest BCUT2D eigenvalue weighted by atomic mass is 10.1. The first kappa shape index (κ1) is 16.1. The van der Waals surface area contributed by atoms with Gasteiger partial charge in [-0.1, -0.05) is 0 Å². The average molecular weight is 305 g/mol. The monoisotopic (exact) mass is 304 g/mol. The molecule has 0 aliphatic rings. The number of ketones is 1. The van der Waals surface area contributed by atoms with Crippen LogP contribution in [0, 0.1) is 0 Å². The zero-order valence-corrected chi connectivity index (χ0v) is 12.5. The van der Waals surface area contributed by atoms with E-state index in [4.69, 9.17) is 32.7 Å². The van der Waals surface area contributed by atoms with Crippen molar-refractivity contribution in [1.82, 2.24) is 0 Å². The molecule has 0 atom stereocenters. The predicted octanol–water partition coefficient (Wildman–Crippen LogP) is 3.90. The second-order valence-corrected chi connectivity index (χ2v) is 4.75. The summed E-state index contributed by atoms with van der Waals surface area (Å²) < 4.78 is 11.0. The van der Waals surface area contributed by atoms with Crippen LogP contribution in [0.2, 0.25) is 0 Å². The highest BCUT2D eigenvalue weighted by Gasteiger charge is 2.10. The third-order valence-corrected chi connectivity index (χ3v) is 2.95. The van der Waals surface area contributed by atoms with Crippen molar-refractivity contribution in [2.75, 3.05) is 25.0 Å². The third-order valence-electron chi connectivity index (χ3n) is 2.41. The molecule has 3 nitrogen and oxygen atoms in total. The molecule has 19 heavy (non-hydrogen) atoms. The highest BCUT2D eigenvalue weighted by Crippen LogP contribution is 2.25. The molecule has 0 unspecified atom stereocenters. The maximum absolute atomic E-state index is 11.6. The number of halogens is 2. The minimum absolute atomic E-state index is 0.0522. The molecule has 0 aromatic heterocycles. The van der Waals surface area contributed by atoms with Gasteiger partial charge in [0.25, 0.3) is 0 Å². The van der Waals surface area contributed by atoms with Crippen LogP contribution in [0.3, 0.4) is 0 Å². The van der Waals surface area contributed by atoms with Crippen LogP contribution in [0.15, 0.2) is 18.2 Å². The second-order valence-electron chi connectivity index (χ2n) is 4.00. The van der Waals surface area contributed by atoms with Crippen molar-refractivity contribution in [2.24, 2.45) is 0 Å². The van der Waals surface area contributed by atoms with Gasteiger partial charge in [-0.25, -0.2) is 0 Å². The number of Topliss-reactive ketones (excluding diaryl/α,β-unsaturated/α-hetero) is 1. The summed E-state index contributed by atoms with van der Waals surface area (Å²) in [6, 6.07) is 5.24. The van der Waals surface area contributed by atoms with Gasteiger partial charge in [0.05, 0.1) is 18.8 Å². The molecule has 0 N–H and O–H groups in total. The van der Waals surface area contributed by atoms with Crippen LogP contribution in [-0.2, 0) is 0 Å². The van der Waals surface area contributed by atoms with Crippen LogP contribution in [0.4, 0.5) is 0 Å². The quantitative estimate of drug-likeness (QED) is 0.394. The Labute approximate surface area is 123 Å². The summed E-state index contributed by atoms with van der Waals surface area (Å²) >= 11 is 11.2. The summed E-state index contributed by atoms with van der Waals surface area (Å²) in [6.45, 7) is 2.54. The van der Waals surface area contributed by atoms with Crippen LogP contribution in [0.1, 0.15) is 30.1 Å². The Morgan fingerprint density at radius 3 is 2.32 bits per heavy atom. The Kier molecular flexibility index (Phi) is 7.68. The number of ether oxygens (including phenoxy) is 2. The van der Waals surface area contributed by atoms with Gasteiger partial charge in [0, 0.05) is 11.8 Å². The standard InChI is InChI=1S/C14H18Cl2O3/c1-11(17)13-10-12(18-8-2-6-15)4-5-14(13)19-9-3-7-16/h4-5,10H,2-3,6-9H2,1H3. The fraction of sp³-hybridized carbons (Fsp3) is 0.500. The summed E-state index contributed by atoms with van der Waals surface area (Å²) in [5.74, 6) is 2.26. The van der Waals surface area contributed by atoms with Gasteiger partial charge in [-0.2, -0.15) is 0 Å². The van der Waals surface area contributed by atoms with E-state index in [2.05, 4.69) is 0 Å². The normalized spacial score (nSPS) is 10.3. The van der Waals surface area contributed by atoms with E-state index in [-0.39, 0.29) is 5.78 Å². The number of carbonyl (C=O) groups excluding carboxylic acids is 1. The molecule has 0 aliphatic carbocycles. The highest BCUT2D eigenvalue weighted by atomic mass is 35.5. The van der Waals surface area contributed by atoms with Crippen LogP contribution < -0.4 is 9.47 Å². The highest BCUT2D eigenvalue weighted by molar-refractivity contribution is 6.18. The number of hydrogen-bond acceptors (Lipinski definition) is 3. The van der Waals surface area contributed by atoms with Crippen molar-refractivity contribution in [3.63, 3.8) is 0 Å². The molecule has 0 spiro atoms. The van der Waals surface area contributed by atoms with E-state index in [1.165, 1.54) is 6.92 Å². The molecule has 0 aliphatic heterocycles. The lowest BCUT2D eigenvalue weighted by Gasteiger charge is -2.11. The van der Waals surface area contributed by atoms with Crippen molar-refractivity contribution in [3.05, 3.63) is 23.8 Å². The van der Waals surface area contributed by atoms with Gasteiger partial charge >= 0.3 is 0 Å². The smallest absolute Gasteiger partial charge is 0.163 e. The molecule has 106 valence electrons. The zero-order valence-electron chi connectivity index (χ0n) is 11.0. The predicted molar refractivity (Wildman–Crippen MR) is 78.1 cm³/mol. The number of carbonyl (C=O) groups is 1. The Morgan fingerprint density at radius 2 is 1.74 bits per heavy atom. The molecular weight excluding hydrogens is 287 g/mol. The fourth-order valence-electron chi connectivity index (χ4n) is 1.48. The Hall–Kier alpha value is -0.930. The Bertz CT molecular complexity index is 408. The summed E-state index contributed by atoms with van der Waals surface area (Å²) in [5.41, 5.74) is 0.526. The van der Waals surface area contributed by atoms with Gasteiger partial charge in [-0.15, -0.1) is 23.2 Å². The SMILES string of the molecule is CC(=O)c1cc(OCCCCl)ccc1OCCCCl. The molecule has 0 heterocycles. The number of hydrogen-bond donors (Lipinski definition) is 0. The molecule has 1 aromatic rings. The van der Waals surface area contributed by atoms with Gasteiger partial charge in [-0.3, -0.25) is 4.79 Å². The van der Waals surface area contributed by atoms with Crippen molar-refractivity contribution in [1.29, 1.82) is 0 Å². The topological polar surface area (TPSA) is 35.5 Å². The van der Waals surface area contributed by atoms with Gasteiger partial charge in [0.1, 0.15) is 11.5 Å². The first-order chi connectivity index (χ1) is 9.19. The van der Waals surface area contributed by atoms with Crippen molar-refractivity contribution in [2.45, 2.75) is 19.8 Å². The maximum atomic E-state index is 11.6. The molecule has 1 aromatic carbocycles. The molecule has 1 rings (SSSR count). The fourth-order valence-corrected chi connectivity index (χ4v) is 1.70. The average Bonchev–Trinajstić information content (AvgIpc) is 2.40. The van der Waals surface area contributed by atoms with Crippen molar-refractivity contribution < 1.29 is 14.3 Å². The molecule has 0 fully saturated rings. The van der Waals surface area contributed by atoms with Crippen LogP contribution in [-0.4, -0.2) is 30.8 Å². The summed E-state index contributed by atoms with van der Waals surface area (Å²) in [5, 5.41) is 0. The summed E-state index contributed by atoms with van der Waals surface area (Å²) in [4.78, 5) is 11.6. The van der Waals surface area contributed by atoms with E-state index in [1.807, 2.05) is 0 Å². The molecule has 0 radical (unpaired) electrons.